The van der Waals surface area contributed by atoms with Crippen molar-refractivity contribution < 1.29 is 19.1 Å². The lowest BCUT2D eigenvalue weighted by Crippen LogP contribution is -2.47. The molecule has 7 nitrogen and oxygen atoms in total. The summed E-state index contributed by atoms with van der Waals surface area (Å²) in [5.74, 6) is 0.893. The van der Waals surface area contributed by atoms with E-state index in [-0.39, 0.29) is 30.2 Å². The van der Waals surface area contributed by atoms with E-state index in [0.29, 0.717) is 17.9 Å². The van der Waals surface area contributed by atoms with E-state index < -0.39 is 0 Å². The molecule has 1 aliphatic rings. The molecular formula is C20H21N3O4. The van der Waals surface area contributed by atoms with Crippen LogP contribution in [0.5, 0.6) is 11.5 Å². The highest BCUT2D eigenvalue weighted by atomic mass is 16.5. The number of ether oxygens (including phenoxy) is 2. The van der Waals surface area contributed by atoms with Gasteiger partial charge >= 0.3 is 0 Å². The van der Waals surface area contributed by atoms with Crippen LogP contribution in [-0.4, -0.2) is 31.5 Å². The molecule has 2 aromatic rings. The van der Waals surface area contributed by atoms with E-state index in [0.717, 1.165) is 11.3 Å². The Kier molecular flexibility index (Phi) is 5.71. The highest BCUT2D eigenvalue weighted by molar-refractivity contribution is 6.10. The number of carbonyl (C=O) groups excluding carboxylic acids is 2. The molecule has 1 aliphatic heterocycles. The number of carbonyl (C=O) groups is 2. The number of guanidine groups is 1. The zero-order valence-corrected chi connectivity index (χ0v) is 15.2. The van der Waals surface area contributed by atoms with Crippen LogP contribution in [-0.2, 0) is 4.79 Å². The monoisotopic (exact) mass is 367 g/mol. The van der Waals surface area contributed by atoms with E-state index in [9.17, 15) is 9.59 Å². The Morgan fingerprint density at radius 1 is 1.22 bits per heavy atom. The van der Waals surface area contributed by atoms with Gasteiger partial charge in [0.1, 0.15) is 11.5 Å². The smallest absolute Gasteiger partial charge is 0.258 e. The fourth-order valence-electron chi connectivity index (χ4n) is 2.75. The molecule has 0 radical (unpaired) electrons. The molecule has 2 N–H and O–H groups in total. The van der Waals surface area contributed by atoms with Crippen LogP contribution in [0, 0.1) is 0 Å². The van der Waals surface area contributed by atoms with Gasteiger partial charge in [-0.25, -0.2) is 4.99 Å². The standard InChI is InChI=1S/C20H21N3O4/c1-3-27-15-9-7-13(8-10-15)17-12-18(24)22-20(21-17)23-19(25)14-5-4-6-16(11-14)26-2/h4-11,17H,3,12H2,1-2H3,(H2,21,22,23,24,25). The van der Waals surface area contributed by atoms with Gasteiger partial charge in [-0.3, -0.25) is 20.2 Å². The SMILES string of the molecule is CCOc1ccc(C2CC(=O)NC(NC(=O)c3cccc(OC)c3)=N2)cc1. The lowest BCUT2D eigenvalue weighted by molar-refractivity contribution is -0.120. The van der Waals surface area contributed by atoms with Gasteiger partial charge in [0.05, 0.1) is 26.2 Å². The zero-order chi connectivity index (χ0) is 19.2. The largest absolute Gasteiger partial charge is 0.497 e. The summed E-state index contributed by atoms with van der Waals surface area (Å²) in [7, 11) is 1.53. The fourth-order valence-corrected chi connectivity index (χ4v) is 2.75. The van der Waals surface area contributed by atoms with Crippen LogP contribution in [0.4, 0.5) is 0 Å². The van der Waals surface area contributed by atoms with Crippen molar-refractivity contribution >= 4 is 17.8 Å². The molecule has 0 fully saturated rings. The summed E-state index contributed by atoms with van der Waals surface area (Å²) in [5.41, 5.74) is 1.29. The highest BCUT2D eigenvalue weighted by Crippen LogP contribution is 2.25. The van der Waals surface area contributed by atoms with E-state index in [2.05, 4.69) is 15.6 Å². The lowest BCUT2D eigenvalue weighted by atomic mass is 10.0. The number of aliphatic imine (C=N–C) groups is 1. The van der Waals surface area contributed by atoms with Crippen molar-refractivity contribution in [1.82, 2.24) is 10.6 Å². The molecule has 1 heterocycles. The Balaban J connectivity index is 1.76. The number of rotatable bonds is 5. The van der Waals surface area contributed by atoms with E-state index in [1.54, 1.807) is 24.3 Å². The lowest BCUT2D eigenvalue weighted by Gasteiger charge is -2.21. The van der Waals surface area contributed by atoms with Gasteiger partial charge in [-0.15, -0.1) is 0 Å². The average molecular weight is 367 g/mol. The topological polar surface area (TPSA) is 89.0 Å². The number of nitrogens with zero attached hydrogens (tertiary/aromatic N) is 1. The van der Waals surface area contributed by atoms with Crippen LogP contribution >= 0.6 is 0 Å². The molecule has 140 valence electrons. The van der Waals surface area contributed by atoms with Gasteiger partial charge in [0.25, 0.3) is 5.91 Å². The molecule has 0 saturated carbocycles. The van der Waals surface area contributed by atoms with Crippen LogP contribution < -0.4 is 20.1 Å². The van der Waals surface area contributed by atoms with Crippen molar-refractivity contribution in [2.75, 3.05) is 13.7 Å². The second-order valence-corrected chi connectivity index (χ2v) is 5.93. The third-order valence-electron chi connectivity index (χ3n) is 4.06. The maximum absolute atomic E-state index is 12.4. The van der Waals surface area contributed by atoms with Gasteiger partial charge in [-0.1, -0.05) is 18.2 Å². The van der Waals surface area contributed by atoms with Crippen molar-refractivity contribution in [2.24, 2.45) is 4.99 Å². The first kappa shape index (κ1) is 18.4. The molecule has 7 heteroatoms. The molecular weight excluding hydrogens is 346 g/mol. The van der Waals surface area contributed by atoms with E-state index >= 15 is 0 Å². The van der Waals surface area contributed by atoms with Crippen molar-refractivity contribution in [1.29, 1.82) is 0 Å². The average Bonchev–Trinajstić information content (AvgIpc) is 2.68. The van der Waals surface area contributed by atoms with Crippen LogP contribution in [0.2, 0.25) is 0 Å². The third-order valence-corrected chi connectivity index (χ3v) is 4.06. The minimum atomic E-state index is -0.375. The predicted molar refractivity (Wildman–Crippen MR) is 101 cm³/mol. The summed E-state index contributed by atoms with van der Waals surface area (Å²) in [6, 6.07) is 13.8. The summed E-state index contributed by atoms with van der Waals surface area (Å²) in [6.45, 7) is 2.50. The van der Waals surface area contributed by atoms with Gasteiger partial charge < -0.3 is 9.47 Å². The van der Waals surface area contributed by atoms with Gasteiger partial charge in [0, 0.05) is 5.56 Å². The Labute approximate surface area is 157 Å². The first-order valence-electron chi connectivity index (χ1n) is 8.65. The van der Waals surface area contributed by atoms with Crippen LogP contribution in [0.3, 0.4) is 0 Å². The highest BCUT2D eigenvalue weighted by Gasteiger charge is 2.24. The second-order valence-electron chi connectivity index (χ2n) is 5.93. The molecule has 0 bridgehead atoms. The van der Waals surface area contributed by atoms with Crippen LogP contribution in [0.15, 0.2) is 53.5 Å². The maximum atomic E-state index is 12.4. The molecule has 0 spiro atoms. The van der Waals surface area contributed by atoms with Crippen molar-refractivity contribution in [3.05, 3.63) is 59.7 Å². The molecule has 1 unspecified atom stereocenters. The van der Waals surface area contributed by atoms with E-state index in [4.69, 9.17) is 9.47 Å². The number of methoxy groups -OCH3 is 1. The van der Waals surface area contributed by atoms with Crippen molar-refractivity contribution in [3.63, 3.8) is 0 Å². The Morgan fingerprint density at radius 2 is 2.00 bits per heavy atom. The number of nitrogens with one attached hydrogen (secondary N) is 2. The second kappa shape index (κ2) is 8.35. The molecule has 27 heavy (non-hydrogen) atoms. The first-order valence-corrected chi connectivity index (χ1v) is 8.65. The van der Waals surface area contributed by atoms with Crippen molar-refractivity contribution in [3.8, 4) is 11.5 Å². The summed E-state index contributed by atoms with van der Waals surface area (Å²) in [5, 5.41) is 5.25. The normalized spacial score (nSPS) is 16.1. The first-order chi connectivity index (χ1) is 13.1. The summed E-state index contributed by atoms with van der Waals surface area (Å²) in [4.78, 5) is 29.0. The van der Waals surface area contributed by atoms with Gasteiger partial charge in [0.2, 0.25) is 11.9 Å². The molecule has 1 atom stereocenters. The van der Waals surface area contributed by atoms with E-state index in [1.165, 1.54) is 7.11 Å². The number of hydrogen-bond acceptors (Lipinski definition) is 5. The molecule has 0 aliphatic carbocycles. The summed E-state index contributed by atoms with van der Waals surface area (Å²) in [6.07, 6.45) is 0.215. The Morgan fingerprint density at radius 3 is 2.70 bits per heavy atom. The van der Waals surface area contributed by atoms with Crippen LogP contribution in [0.25, 0.3) is 0 Å². The maximum Gasteiger partial charge on any atom is 0.258 e. The summed E-state index contributed by atoms with van der Waals surface area (Å²) < 4.78 is 10.6. The minimum absolute atomic E-state index is 0.137. The minimum Gasteiger partial charge on any atom is -0.497 e. The summed E-state index contributed by atoms with van der Waals surface area (Å²) >= 11 is 0. The van der Waals surface area contributed by atoms with E-state index in [1.807, 2.05) is 31.2 Å². The fraction of sp³-hybridized carbons (Fsp3) is 0.250. The number of hydrogen-bond donors (Lipinski definition) is 2. The van der Waals surface area contributed by atoms with Gasteiger partial charge in [-0.2, -0.15) is 0 Å². The number of amides is 2. The Hall–Kier alpha value is -3.35. The van der Waals surface area contributed by atoms with Crippen LogP contribution in [0.1, 0.15) is 35.3 Å². The molecule has 3 rings (SSSR count). The Bertz CT molecular complexity index is 862. The molecule has 0 saturated heterocycles. The predicted octanol–water partition coefficient (Wildman–Crippen LogP) is 2.44. The van der Waals surface area contributed by atoms with Gasteiger partial charge in [0.15, 0.2) is 0 Å². The van der Waals surface area contributed by atoms with Crippen molar-refractivity contribution in [2.45, 2.75) is 19.4 Å². The molecule has 0 aromatic heterocycles. The number of benzene rings is 2. The quantitative estimate of drug-likeness (QED) is 0.849. The third kappa shape index (κ3) is 4.63. The zero-order valence-electron chi connectivity index (χ0n) is 15.2. The molecule has 2 amide bonds. The van der Waals surface area contributed by atoms with Gasteiger partial charge in [-0.05, 0) is 42.8 Å². The molecule has 2 aromatic carbocycles.